The predicted molar refractivity (Wildman–Crippen MR) is 126 cm³/mol. The Hall–Kier alpha value is -3.74. The van der Waals surface area contributed by atoms with Crippen molar-refractivity contribution in [2.75, 3.05) is 20.3 Å². The molecule has 1 N–H and O–H groups in total. The number of carbonyl (C=O) groups is 2. The molecule has 1 heterocycles. The van der Waals surface area contributed by atoms with Crippen LogP contribution in [0.1, 0.15) is 37.9 Å². The van der Waals surface area contributed by atoms with E-state index in [2.05, 4.69) is 5.32 Å². The molecule has 0 aromatic heterocycles. The van der Waals surface area contributed by atoms with Gasteiger partial charge in [-0.1, -0.05) is 48.5 Å². The average Bonchev–Trinajstić information content (AvgIpc) is 3.14. The largest absolute Gasteiger partial charge is 0.493 e. The first-order valence-corrected chi connectivity index (χ1v) is 11.0. The number of nitrogens with zero attached hydrogens (tertiary/aromatic N) is 1. The van der Waals surface area contributed by atoms with E-state index in [1.807, 2.05) is 62.4 Å². The van der Waals surface area contributed by atoms with E-state index < -0.39 is 17.7 Å². The highest BCUT2D eigenvalue weighted by molar-refractivity contribution is 5.93. The Bertz CT molecular complexity index is 1190. The van der Waals surface area contributed by atoms with Gasteiger partial charge in [0.2, 0.25) is 0 Å². The molecule has 172 valence electrons. The number of fused-ring (bicyclic) bond motifs is 1. The predicted octanol–water partition coefficient (Wildman–Crippen LogP) is 5.39. The van der Waals surface area contributed by atoms with Crippen molar-refractivity contribution in [3.05, 3.63) is 71.8 Å². The summed E-state index contributed by atoms with van der Waals surface area (Å²) in [5, 5.41) is 5.09. The Balaban J connectivity index is 1.53. The minimum Gasteiger partial charge on any atom is -0.493 e. The van der Waals surface area contributed by atoms with Crippen molar-refractivity contribution in [1.29, 1.82) is 0 Å². The van der Waals surface area contributed by atoms with Gasteiger partial charge >= 0.3 is 12.1 Å². The summed E-state index contributed by atoms with van der Waals surface area (Å²) in [6, 6.07) is 18.5. The van der Waals surface area contributed by atoms with Gasteiger partial charge in [0.1, 0.15) is 0 Å². The summed E-state index contributed by atoms with van der Waals surface area (Å²) in [6.45, 7) is 6.11. The van der Waals surface area contributed by atoms with Gasteiger partial charge in [-0.15, -0.1) is 0 Å². The number of imide groups is 1. The second kappa shape index (κ2) is 9.02. The molecule has 0 radical (unpaired) electrons. The summed E-state index contributed by atoms with van der Waals surface area (Å²) in [7, 11) is 1.57. The Kier molecular flexibility index (Phi) is 6.14. The van der Waals surface area contributed by atoms with Gasteiger partial charge in [-0.25, -0.2) is 14.5 Å². The quantitative estimate of drug-likeness (QED) is 0.547. The van der Waals surface area contributed by atoms with Gasteiger partial charge in [-0.05, 0) is 49.2 Å². The molecule has 1 fully saturated rings. The van der Waals surface area contributed by atoms with E-state index in [-0.39, 0.29) is 12.6 Å². The molecule has 1 saturated heterocycles. The second-order valence-corrected chi connectivity index (χ2v) is 8.22. The molecular formula is C26H28N2O5. The average molecular weight is 449 g/mol. The number of nitrogens with one attached hydrogen (secondary N) is 1. The lowest BCUT2D eigenvalue weighted by atomic mass is 9.95. The van der Waals surface area contributed by atoms with Crippen molar-refractivity contribution in [2.45, 2.75) is 32.4 Å². The maximum atomic E-state index is 13.0. The summed E-state index contributed by atoms with van der Waals surface area (Å²) in [5.41, 5.74) is 0.695. The van der Waals surface area contributed by atoms with E-state index in [4.69, 9.17) is 14.2 Å². The van der Waals surface area contributed by atoms with Gasteiger partial charge in [0, 0.05) is 5.56 Å². The molecule has 0 saturated carbocycles. The van der Waals surface area contributed by atoms with E-state index in [1.54, 1.807) is 26.2 Å². The van der Waals surface area contributed by atoms with Crippen LogP contribution in [-0.4, -0.2) is 37.3 Å². The van der Waals surface area contributed by atoms with E-state index in [1.165, 1.54) is 0 Å². The highest BCUT2D eigenvalue weighted by atomic mass is 16.6. The zero-order chi connectivity index (χ0) is 23.6. The zero-order valence-corrected chi connectivity index (χ0v) is 19.3. The number of ether oxygens (including phenoxy) is 3. The molecule has 0 aliphatic carbocycles. The third-order valence-electron chi connectivity index (χ3n) is 5.94. The Morgan fingerprint density at radius 2 is 1.91 bits per heavy atom. The van der Waals surface area contributed by atoms with Gasteiger partial charge in [0.25, 0.3) is 0 Å². The maximum absolute atomic E-state index is 13.0. The minimum atomic E-state index is -1.00. The number of benzene rings is 3. The van der Waals surface area contributed by atoms with Crippen LogP contribution in [0.3, 0.4) is 0 Å². The van der Waals surface area contributed by atoms with Crippen LogP contribution in [0.15, 0.2) is 60.7 Å². The van der Waals surface area contributed by atoms with Crippen molar-refractivity contribution in [3.8, 4) is 11.5 Å². The third-order valence-corrected chi connectivity index (χ3v) is 5.94. The first kappa shape index (κ1) is 22.5. The van der Waals surface area contributed by atoms with Crippen molar-refractivity contribution in [1.82, 2.24) is 10.2 Å². The fourth-order valence-corrected chi connectivity index (χ4v) is 4.19. The highest BCUT2D eigenvalue weighted by Crippen LogP contribution is 2.38. The monoisotopic (exact) mass is 448 g/mol. The fourth-order valence-electron chi connectivity index (χ4n) is 4.19. The Morgan fingerprint density at radius 3 is 2.67 bits per heavy atom. The van der Waals surface area contributed by atoms with Gasteiger partial charge in [0.05, 0.1) is 26.3 Å². The number of cyclic esters (lactones) is 1. The van der Waals surface area contributed by atoms with Crippen molar-refractivity contribution in [2.24, 2.45) is 0 Å². The number of rotatable bonds is 6. The lowest BCUT2D eigenvalue weighted by Gasteiger charge is -2.24. The van der Waals surface area contributed by atoms with E-state index in [0.717, 1.165) is 26.8 Å². The van der Waals surface area contributed by atoms with Gasteiger partial charge in [0.15, 0.2) is 17.1 Å². The Morgan fingerprint density at radius 1 is 1.15 bits per heavy atom. The smallest absolute Gasteiger partial charge is 0.419 e. The summed E-state index contributed by atoms with van der Waals surface area (Å²) >= 11 is 0. The lowest BCUT2D eigenvalue weighted by molar-refractivity contribution is 0.0699. The fraction of sp³-hybridized carbons (Fsp3) is 0.308. The molecule has 1 aliphatic rings. The molecule has 2 atom stereocenters. The van der Waals surface area contributed by atoms with Crippen LogP contribution in [0.5, 0.6) is 11.5 Å². The van der Waals surface area contributed by atoms with Crippen LogP contribution in [-0.2, 0) is 10.3 Å². The summed E-state index contributed by atoms with van der Waals surface area (Å²) in [6.07, 6.45) is -0.686. The molecule has 3 aromatic carbocycles. The normalized spacial score (nSPS) is 18.7. The topological polar surface area (TPSA) is 77.1 Å². The van der Waals surface area contributed by atoms with Crippen LogP contribution in [0.2, 0.25) is 0 Å². The zero-order valence-electron chi connectivity index (χ0n) is 19.3. The summed E-state index contributed by atoms with van der Waals surface area (Å²) in [4.78, 5) is 26.8. The first-order valence-electron chi connectivity index (χ1n) is 11.0. The standard InChI is InChI=1S/C26H28N2O5/c1-5-32-23-15-19(13-14-22(23)31-4)26(3)16-28(25(30)33-26)24(29)27-17(2)20-12-8-10-18-9-6-7-11-21(18)20/h6-15,17H,5,16H2,1-4H3,(H,27,29)/t17-,26-/m1/s1. The molecule has 4 rings (SSSR count). The van der Waals surface area contributed by atoms with Crippen LogP contribution in [0, 0.1) is 0 Å². The van der Waals surface area contributed by atoms with Gasteiger partial charge in [-0.3, -0.25) is 0 Å². The van der Waals surface area contributed by atoms with E-state index in [9.17, 15) is 9.59 Å². The number of methoxy groups -OCH3 is 1. The molecule has 7 nitrogen and oxygen atoms in total. The van der Waals surface area contributed by atoms with Crippen LogP contribution < -0.4 is 14.8 Å². The maximum Gasteiger partial charge on any atom is 0.419 e. The van der Waals surface area contributed by atoms with Crippen LogP contribution >= 0.6 is 0 Å². The molecular weight excluding hydrogens is 420 g/mol. The molecule has 0 unspecified atom stereocenters. The van der Waals surface area contributed by atoms with Crippen molar-refractivity contribution >= 4 is 22.9 Å². The van der Waals surface area contributed by atoms with Crippen LogP contribution in [0.4, 0.5) is 9.59 Å². The summed E-state index contributed by atoms with van der Waals surface area (Å²) in [5.74, 6) is 1.15. The number of carbonyl (C=O) groups excluding carboxylic acids is 2. The van der Waals surface area contributed by atoms with E-state index >= 15 is 0 Å². The molecule has 3 aromatic rings. The van der Waals surface area contributed by atoms with Crippen molar-refractivity contribution < 1.29 is 23.8 Å². The van der Waals surface area contributed by atoms with Gasteiger partial charge < -0.3 is 19.5 Å². The third kappa shape index (κ3) is 4.31. The Labute approximate surface area is 193 Å². The molecule has 0 bridgehead atoms. The number of urea groups is 1. The molecule has 1 aliphatic heterocycles. The molecule has 33 heavy (non-hydrogen) atoms. The SMILES string of the molecule is CCOc1cc([C@@]2(C)CN(C(=O)N[C@H](C)c3cccc4ccccc34)C(=O)O2)ccc1OC. The first-order chi connectivity index (χ1) is 15.9. The number of hydrogen-bond acceptors (Lipinski definition) is 5. The van der Waals surface area contributed by atoms with Crippen LogP contribution in [0.25, 0.3) is 10.8 Å². The molecule has 0 spiro atoms. The number of hydrogen-bond donors (Lipinski definition) is 1. The van der Waals surface area contributed by atoms with E-state index in [0.29, 0.717) is 18.1 Å². The minimum absolute atomic E-state index is 0.0812. The van der Waals surface area contributed by atoms with Gasteiger partial charge in [-0.2, -0.15) is 0 Å². The lowest BCUT2D eigenvalue weighted by Crippen LogP contribution is -2.42. The molecule has 3 amide bonds. The molecule has 7 heteroatoms. The highest BCUT2D eigenvalue weighted by Gasteiger charge is 2.46. The second-order valence-electron chi connectivity index (χ2n) is 8.22. The van der Waals surface area contributed by atoms with Crippen molar-refractivity contribution in [3.63, 3.8) is 0 Å². The number of amides is 3. The summed E-state index contributed by atoms with van der Waals surface area (Å²) < 4.78 is 16.7.